The normalized spacial score (nSPS) is 17.3. The summed E-state index contributed by atoms with van der Waals surface area (Å²) in [6.07, 6.45) is 2.70. The van der Waals surface area contributed by atoms with E-state index in [1.165, 1.54) is 0 Å². The average Bonchev–Trinajstić information content (AvgIpc) is 2.64. The van der Waals surface area contributed by atoms with Crippen LogP contribution in [0.3, 0.4) is 0 Å². The number of guanidine groups is 1. The highest BCUT2D eigenvalue weighted by atomic mass is 35.5. The molecule has 1 atom stereocenters. The molecule has 1 aromatic rings. The van der Waals surface area contributed by atoms with Gasteiger partial charge in [0.25, 0.3) is 0 Å². The lowest BCUT2D eigenvalue weighted by Gasteiger charge is -2.36. The predicted molar refractivity (Wildman–Crippen MR) is 108 cm³/mol. The summed E-state index contributed by atoms with van der Waals surface area (Å²) in [4.78, 5) is 11.5. The Morgan fingerprint density at radius 2 is 2.08 bits per heavy atom. The molecule has 26 heavy (non-hydrogen) atoms. The third kappa shape index (κ3) is 7.09. The van der Waals surface area contributed by atoms with Gasteiger partial charge in [0, 0.05) is 38.4 Å². The number of aromatic nitrogens is 1. The van der Waals surface area contributed by atoms with Crippen molar-refractivity contribution < 1.29 is 4.74 Å². The summed E-state index contributed by atoms with van der Waals surface area (Å²) >= 11 is 5.83. The summed E-state index contributed by atoms with van der Waals surface area (Å²) in [7, 11) is 0. The zero-order chi connectivity index (χ0) is 18.8. The van der Waals surface area contributed by atoms with Crippen LogP contribution in [-0.2, 0) is 11.2 Å². The molecule has 0 amide bonds. The number of hydrogen-bond acceptors (Lipinski definition) is 4. The summed E-state index contributed by atoms with van der Waals surface area (Å²) in [6, 6.07) is 4.27. The lowest BCUT2D eigenvalue weighted by Crippen LogP contribution is -2.48. The van der Waals surface area contributed by atoms with E-state index in [-0.39, 0.29) is 0 Å². The van der Waals surface area contributed by atoms with Gasteiger partial charge in [-0.2, -0.15) is 0 Å². The summed E-state index contributed by atoms with van der Waals surface area (Å²) in [5.41, 5.74) is 1.16. The van der Waals surface area contributed by atoms with Crippen molar-refractivity contribution in [3.63, 3.8) is 0 Å². The summed E-state index contributed by atoms with van der Waals surface area (Å²) in [6.45, 7) is 12.7. The number of nitrogens with zero attached hydrogens (tertiary/aromatic N) is 3. The number of halogens is 1. The van der Waals surface area contributed by atoms with E-state index in [2.05, 4.69) is 41.3 Å². The Morgan fingerprint density at radius 1 is 1.31 bits per heavy atom. The fourth-order valence-electron chi connectivity index (χ4n) is 3.06. The lowest BCUT2D eigenvalue weighted by molar-refractivity contribution is 0.00867. The second-order valence-corrected chi connectivity index (χ2v) is 7.23. The van der Waals surface area contributed by atoms with Crippen LogP contribution >= 0.6 is 11.6 Å². The van der Waals surface area contributed by atoms with Crippen molar-refractivity contribution in [1.82, 2.24) is 20.5 Å². The number of morpholine rings is 1. The van der Waals surface area contributed by atoms with Gasteiger partial charge in [-0.3, -0.25) is 9.89 Å². The standard InChI is InChI=1S/C19H32ClN5O/c1-4-21-19(22-8-7-16-5-6-18(20)23-13-16)24-14-17(15(2)3)25-9-11-26-12-10-25/h5-6,13,15,17H,4,7-12,14H2,1-3H3,(H2,21,22,24). The molecule has 1 aliphatic rings. The molecule has 2 N–H and O–H groups in total. The van der Waals surface area contributed by atoms with Crippen molar-refractivity contribution in [3.05, 3.63) is 29.0 Å². The van der Waals surface area contributed by atoms with Gasteiger partial charge in [-0.1, -0.05) is 31.5 Å². The second kappa shape index (κ2) is 11.4. The molecule has 1 unspecified atom stereocenters. The van der Waals surface area contributed by atoms with Gasteiger partial charge in [0.2, 0.25) is 0 Å². The Bertz CT molecular complexity index is 543. The van der Waals surface area contributed by atoms with Crippen molar-refractivity contribution in [2.45, 2.75) is 33.2 Å². The van der Waals surface area contributed by atoms with E-state index < -0.39 is 0 Å². The number of rotatable bonds is 8. The fourth-order valence-corrected chi connectivity index (χ4v) is 3.17. The van der Waals surface area contributed by atoms with Gasteiger partial charge in [-0.05, 0) is 30.9 Å². The largest absolute Gasteiger partial charge is 0.379 e. The van der Waals surface area contributed by atoms with Crippen LogP contribution in [-0.4, -0.2) is 67.8 Å². The number of ether oxygens (including phenoxy) is 1. The van der Waals surface area contributed by atoms with Crippen LogP contribution in [0.2, 0.25) is 5.15 Å². The molecule has 0 bridgehead atoms. The summed E-state index contributed by atoms with van der Waals surface area (Å²) in [5.74, 6) is 1.42. The quantitative estimate of drug-likeness (QED) is 0.410. The first-order valence-corrected chi connectivity index (χ1v) is 9.92. The van der Waals surface area contributed by atoms with Gasteiger partial charge in [-0.15, -0.1) is 0 Å². The third-order valence-electron chi connectivity index (χ3n) is 4.56. The van der Waals surface area contributed by atoms with Crippen LogP contribution in [0.15, 0.2) is 23.3 Å². The van der Waals surface area contributed by atoms with Gasteiger partial charge in [-0.25, -0.2) is 4.98 Å². The molecule has 1 aliphatic heterocycles. The van der Waals surface area contributed by atoms with Crippen molar-refractivity contribution in [2.24, 2.45) is 10.9 Å². The van der Waals surface area contributed by atoms with E-state index in [0.717, 1.165) is 63.9 Å². The molecule has 6 nitrogen and oxygen atoms in total. The maximum atomic E-state index is 5.83. The van der Waals surface area contributed by atoms with Gasteiger partial charge >= 0.3 is 0 Å². The molecule has 7 heteroatoms. The number of hydrogen-bond donors (Lipinski definition) is 2. The molecule has 0 aromatic carbocycles. The lowest BCUT2D eigenvalue weighted by atomic mass is 10.0. The molecule has 1 fully saturated rings. The predicted octanol–water partition coefficient (Wildman–Crippen LogP) is 2.19. The van der Waals surface area contributed by atoms with Crippen LogP contribution in [0.1, 0.15) is 26.3 Å². The molecule has 2 heterocycles. The molecule has 0 saturated carbocycles. The van der Waals surface area contributed by atoms with E-state index in [1.807, 2.05) is 18.3 Å². The van der Waals surface area contributed by atoms with Crippen molar-refractivity contribution in [3.8, 4) is 0 Å². The monoisotopic (exact) mass is 381 g/mol. The molecule has 0 spiro atoms. The van der Waals surface area contributed by atoms with Crippen LogP contribution in [0, 0.1) is 5.92 Å². The maximum Gasteiger partial charge on any atom is 0.191 e. The minimum atomic E-state index is 0.440. The Labute approximate surface area is 162 Å². The van der Waals surface area contributed by atoms with Crippen molar-refractivity contribution in [2.75, 3.05) is 45.9 Å². The van der Waals surface area contributed by atoms with Crippen LogP contribution in [0.25, 0.3) is 0 Å². The minimum Gasteiger partial charge on any atom is -0.379 e. The Morgan fingerprint density at radius 3 is 2.69 bits per heavy atom. The zero-order valence-electron chi connectivity index (χ0n) is 16.2. The maximum absolute atomic E-state index is 5.83. The second-order valence-electron chi connectivity index (χ2n) is 6.85. The smallest absolute Gasteiger partial charge is 0.191 e. The average molecular weight is 382 g/mol. The molecular weight excluding hydrogens is 350 g/mol. The minimum absolute atomic E-state index is 0.440. The SMILES string of the molecule is CCNC(=NCC(C(C)C)N1CCOCC1)NCCc1ccc(Cl)nc1. The van der Waals surface area contributed by atoms with E-state index in [9.17, 15) is 0 Å². The number of nitrogens with one attached hydrogen (secondary N) is 2. The molecule has 2 rings (SSSR count). The highest BCUT2D eigenvalue weighted by Crippen LogP contribution is 2.13. The van der Waals surface area contributed by atoms with E-state index >= 15 is 0 Å². The Balaban J connectivity index is 1.87. The molecule has 0 aliphatic carbocycles. The van der Waals surface area contributed by atoms with E-state index in [1.54, 1.807) is 0 Å². The molecule has 146 valence electrons. The van der Waals surface area contributed by atoms with Crippen molar-refractivity contribution in [1.29, 1.82) is 0 Å². The van der Waals surface area contributed by atoms with Crippen molar-refractivity contribution >= 4 is 17.6 Å². The zero-order valence-corrected chi connectivity index (χ0v) is 16.9. The third-order valence-corrected chi connectivity index (χ3v) is 4.78. The first kappa shape index (κ1) is 20.9. The number of pyridine rings is 1. The Kier molecular flexibility index (Phi) is 9.15. The van der Waals surface area contributed by atoms with Crippen LogP contribution in [0.5, 0.6) is 0 Å². The first-order chi connectivity index (χ1) is 12.6. The topological polar surface area (TPSA) is 61.8 Å². The van der Waals surface area contributed by atoms with Crippen LogP contribution in [0.4, 0.5) is 0 Å². The Hall–Kier alpha value is -1.37. The summed E-state index contributed by atoms with van der Waals surface area (Å²) < 4.78 is 5.48. The molecule has 1 aromatic heterocycles. The van der Waals surface area contributed by atoms with Crippen LogP contribution < -0.4 is 10.6 Å². The summed E-state index contributed by atoms with van der Waals surface area (Å²) in [5, 5.41) is 7.28. The van der Waals surface area contributed by atoms with E-state index in [4.69, 9.17) is 21.3 Å². The highest BCUT2D eigenvalue weighted by Gasteiger charge is 2.23. The highest BCUT2D eigenvalue weighted by molar-refractivity contribution is 6.29. The molecule has 0 radical (unpaired) electrons. The fraction of sp³-hybridized carbons (Fsp3) is 0.684. The molecular formula is C19H32ClN5O. The van der Waals surface area contributed by atoms with Gasteiger partial charge < -0.3 is 15.4 Å². The van der Waals surface area contributed by atoms with E-state index in [0.29, 0.717) is 17.1 Å². The van der Waals surface area contributed by atoms with Gasteiger partial charge in [0.05, 0.1) is 19.8 Å². The molecule has 1 saturated heterocycles. The van der Waals surface area contributed by atoms with Gasteiger partial charge in [0.1, 0.15) is 5.15 Å². The first-order valence-electron chi connectivity index (χ1n) is 9.54. The van der Waals surface area contributed by atoms with Gasteiger partial charge in [0.15, 0.2) is 5.96 Å². The number of aliphatic imine (C=N–C) groups is 1.